The van der Waals surface area contributed by atoms with Crippen LogP contribution in [0, 0.1) is 0 Å². The fraction of sp³-hybridized carbons (Fsp3) is 0.231. The Labute approximate surface area is 122 Å². The highest BCUT2D eigenvalue weighted by Crippen LogP contribution is 2.44. The maximum atomic E-state index is 12.0. The van der Waals surface area contributed by atoms with Gasteiger partial charge in [0.1, 0.15) is 4.45 Å². The molecule has 0 fully saturated rings. The summed E-state index contributed by atoms with van der Waals surface area (Å²) in [7, 11) is 0. The maximum Gasteiger partial charge on any atom is 0.255 e. The minimum atomic E-state index is -0.808. The molecule has 2 amide bonds. The second-order valence-electron chi connectivity index (χ2n) is 4.01. The molecule has 0 aromatic heterocycles. The first-order valence-corrected chi connectivity index (χ1v) is 7.29. The van der Waals surface area contributed by atoms with E-state index in [0.29, 0.717) is 5.33 Å². The van der Waals surface area contributed by atoms with Crippen molar-refractivity contribution in [3.8, 4) is 0 Å². The van der Waals surface area contributed by atoms with E-state index >= 15 is 0 Å². The number of benzene rings is 1. The Bertz CT molecular complexity index is 527. The Balaban J connectivity index is 2.52. The summed E-state index contributed by atoms with van der Waals surface area (Å²) in [6.45, 7) is 1.39. The highest BCUT2D eigenvalue weighted by Gasteiger charge is 2.47. The topological polar surface area (TPSA) is 37.4 Å². The highest BCUT2D eigenvalue weighted by molar-refractivity contribution is 9.12. The molecule has 0 radical (unpaired) electrons. The summed E-state index contributed by atoms with van der Waals surface area (Å²) in [4.78, 5) is 24.8. The lowest BCUT2D eigenvalue weighted by Gasteiger charge is -2.32. The predicted octanol–water partition coefficient (Wildman–Crippen LogP) is 2.94. The minimum absolute atomic E-state index is 0.279. The molecule has 18 heavy (non-hydrogen) atoms. The smallest absolute Gasteiger partial charge is 0.255 e. The molecule has 0 spiro atoms. The molecule has 1 aromatic rings. The lowest BCUT2D eigenvalue weighted by Crippen LogP contribution is -2.47. The average Bonchev–Trinajstić information content (AvgIpc) is 2.63. The van der Waals surface area contributed by atoms with Gasteiger partial charge in [-0.1, -0.05) is 62.2 Å². The molecule has 2 rings (SSSR count). The van der Waals surface area contributed by atoms with Crippen LogP contribution < -0.4 is 0 Å². The summed E-state index contributed by atoms with van der Waals surface area (Å²) >= 11 is 6.90. The number of amides is 2. The largest absolute Gasteiger partial charge is 0.275 e. The molecule has 1 aliphatic rings. The Hall–Kier alpha value is -0.940. The lowest BCUT2D eigenvalue weighted by atomic mass is 10.0. The predicted molar refractivity (Wildman–Crippen MR) is 77.4 cm³/mol. The second-order valence-corrected chi connectivity index (χ2v) is 5.88. The van der Waals surface area contributed by atoms with Crippen molar-refractivity contribution in [2.45, 2.75) is 11.4 Å². The van der Waals surface area contributed by atoms with Crippen LogP contribution in [0.5, 0.6) is 0 Å². The standard InChI is InChI=1S/C13H11Br2NO2/c1-9(17)16-12(18)7-11(13(16,15)8-14)10-5-3-2-4-6-10/h2-7H,8H2,1H3. The van der Waals surface area contributed by atoms with E-state index in [-0.39, 0.29) is 11.8 Å². The summed E-state index contributed by atoms with van der Waals surface area (Å²) in [5.74, 6) is -0.573. The Morgan fingerprint density at radius 3 is 2.44 bits per heavy atom. The van der Waals surface area contributed by atoms with Crippen LogP contribution in [0.3, 0.4) is 0 Å². The van der Waals surface area contributed by atoms with E-state index < -0.39 is 4.45 Å². The van der Waals surface area contributed by atoms with Crippen molar-refractivity contribution in [1.29, 1.82) is 0 Å². The van der Waals surface area contributed by atoms with Gasteiger partial charge in [-0.05, 0) is 5.56 Å². The van der Waals surface area contributed by atoms with Crippen LogP contribution >= 0.6 is 31.9 Å². The lowest BCUT2D eigenvalue weighted by molar-refractivity contribution is -0.141. The third-order valence-corrected chi connectivity index (χ3v) is 5.46. The normalized spacial score (nSPS) is 23.2. The SMILES string of the molecule is CC(=O)N1C(=O)C=C(c2ccccc2)C1(Br)CBr. The van der Waals surface area contributed by atoms with Gasteiger partial charge in [-0.25, -0.2) is 0 Å². The number of alkyl halides is 2. The van der Waals surface area contributed by atoms with Gasteiger partial charge in [0, 0.05) is 23.9 Å². The highest BCUT2D eigenvalue weighted by atomic mass is 79.9. The van der Waals surface area contributed by atoms with Crippen LogP contribution in [0.2, 0.25) is 0 Å². The molecule has 0 saturated heterocycles. The van der Waals surface area contributed by atoms with Gasteiger partial charge in [-0.3, -0.25) is 14.5 Å². The van der Waals surface area contributed by atoms with E-state index in [1.807, 2.05) is 30.3 Å². The van der Waals surface area contributed by atoms with E-state index in [1.54, 1.807) is 0 Å². The number of carbonyl (C=O) groups excluding carboxylic acids is 2. The molecule has 0 saturated carbocycles. The quantitative estimate of drug-likeness (QED) is 0.591. The zero-order valence-corrected chi connectivity index (χ0v) is 12.9. The molecule has 1 unspecified atom stereocenters. The van der Waals surface area contributed by atoms with Gasteiger partial charge < -0.3 is 0 Å². The summed E-state index contributed by atoms with van der Waals surface area (Å²) in [6.07, 6.45) is 1.51. The van der Waals surface area contributed by atoms with E-state index in [2.05, 4.69) is 31.9 Å². The maximum absolute atomic E-state index is 12.0. The van der Waals surface area contributed by atoms with Gasteiger partial charge in [-0.2, -0.15) is 0 Å². The first-order chi connectivity index (χ1) is 8.50. The number of rotatable bonds is 2. The van der Waals surface area contributed by atoms with Crippen molar-refractivity contribution in [3.05, 3.63) is 42.0 Å². The Morgan fingerprint density at radius 2 is 1.94 bits per heavy atom. The van der Waals surface area contributed by atoms with Crippen LogP contribution in [0.4, 0.5) is 0 Å². The molecule has 0 aliphatic carbocycles. The van der Waals surface area contributed by atoms with Gasteiger partial charge in [-0.15, -0.1) is 0 Å². The third kappa shape index (κ3) is 2.06. The summed E-state index contributed by atoms with van der Waals surface area (Å²) in [5.41, 5.74) is 1.71. The number of carbonyl (C=O) groups is 2. The van der Waals surface area contributed by atoms with Crippen molar-refractivity contribution in [2.24, 2.45) is 0 Å². The van der Waals surface area contributed by atoms with Gasteiger partial charge >= 0.3 is 0 Å². The van der Waals surface area contributed by atoms with E-state index in [0.717, 1.165) is 11.1 Å². The van der Waals surface area contributed by atoms with Crippen LogP contribution in [-0.4, -0.2) is 26.5 Å². The van der Waals surface area contributed by atoms with Gasteiger partial charge in [0.25, 0.3) is 5.91 Å². The summed E-state index contributed by atoms with van der Waals surface area (Å²) in [5, 5.41) is 0.437. The molecule has 0 bridgehead atoms. The molecule has 0 N–H and O–H groups in total. The monoisotopic (exact) mass is 371 g/mol. The zero-order chi connectivity index (χ0) is 13.3. The van der Waals surface area contributed by atoms with E-state index in [1.165, 1.54) is 17.9 Å². The molecule has 1 aromatic carbocycles. The number of hydrogen-bond acceptors (Lipinski definition) is 2. The number of halogens is 2. The fourth-order valence-electron chi connectivity index (χ4n) is 2.05. The van der Waals surface area contributed by atoms with Crippen molar-refractivity contribution in [1.82, 2.24) is 4.90 Å². The second kappa shape index (κ2) is 4.97. The first-order valence-electron chi connectivity index (χ1n) is 5.38. The molecule has 3 nitrogen and oxygen atoms in total. The number of imide groups is 1. The zero-order valence-electron chi connectivity index (χ0n) is 9.69. The number of nitrogens with zero attached hydrogens (tertiary/aromatic N) is 1. The average molecular weight is 373 g/mol. The van der Waals surface area contributed by atoms with Crippen molar-refractivity contribution in [3.63, 3.8) is 0 Å². The van der Waals surface area contributed by atoms with Crippen LogP contribution in [0.1, 0.15) is 12.5 Å². The Morgan fingerprint density at radius 1 is 1.33 bits per heavy atom. The molecular formula is C13H11Br2NO2. The van der Waals surface area contributed by atoms with Crippen LogP contribution in [-0.2, 0) is 9.59 Å². The van der Waals surface area contributed by atoms with Gasteiger partial charge in [0.05, 0.1) is 0 Å². The minimum Gasteiger partial charge on any atom is -0.275 e. The molecule has 94 valence electrons. The summed E-state index contributed by atoms with van der Waals surface area (Å²) < 4.78 is -0.808. The molecule has 1 atom stereocenters. The van der Waals surface area contributed by atoms with Crippen molar-refractivity contribution in [2.75, 3.05) is 5.33 Å². The first kappa shape index (κ1) is 13.5. The molecule has 1 aliphatic heterocycles. The van der Waals surface area contributed by atoms with Gasteiger partial charge in [0.15, 0.2) is 0 Å². The van der Waals surface area contributed by atoms with Crippen LogP contribution in [0.25, 0.3) is 5.57 Å². The summed E-state index contributed by atoms with van der Waals surface area (Å²) in [6, 6.07) is 9.55. The Kier molecular flexibility index (Phi) is 3.73. The molecular weight excluding hydrogens is 362 g/mol. The fourth-order valence-corrected chi connectivity index (χ4v) is 3.37. The van der Waals surface area contributed by atoms with Crippen LogP contribution in [0.15, 0.2) is 36.4 Å². The third-order valence-electron chi connectivity index (χ3n) is 2.83. The molecule has 5 heteroatoms. The van der Waals surface area contributed by atoms with E-state index in [4.69, 9.17) is 0 Å². The number of hydrogen-bond donors (Lipinski definition) is 0. The van der Waals surface area contributed by atoms with Gasteiger partial charge in [0.2, 0.25) is 5.91 Å². The molecule has 1 heterocycles. The van der Waals surface area contributed by atoms with Crippen molar-refractivity contribution >= 4 is 49.2 Å². The van der Waals surface area contributed by atoms with Crippen molar-refractivity contribution < 1.29 is 9.59 Å². The van der Waals surface area contributed by atoms with E-state index in [9.17, 15) is 9.59 Å².